The number of carbonyl (C=O) groups excluding carboxylic acids is 6. The van der Waals surface area contributed by atoms with E-state index in [0.29, 0.717) is 18.4 Å². The summed E-state index contributed by atoms with van der Waals surface area (Å²) in [6.07, 6.45) is 4.17. The average molecular weight is 593 g/mol. The third-order valence-corrected chi connectivity index (χ3v) is 12.2. The largest absolute Gasteiger partial charge is 0.507 e. The molecule has 0 aliphatic heterocycles. The molecule has 0 heterocycles. The molecule has 8 atom stereocenters. The summed E-state index contributed by atoms with van der Waals surface area (Å²) < 4.78 is 0. The quantitative estimate of drug-likeness (QED) is 0.468. The van der Waals surface area contributed by atoms with Crippen molar-refractivity contribution in [3.8, 4) is 5.75 Å². The van der Waals surface area contributed by atoms with Gasteiger partial charge in [0.25, 0.3) is 0 Å². The van der Waals surface area contributed by atoms with Crippen LogP contribution >= 0.6 is 0 Å². The molecular formula is C35H44O8. The van der Waals surface area contributed by atoms with Crippen molar-refractivity contribution in [1.82, 2.24) is 0 Å². The summed E-state index contributed by atoms with van der Waals surface area (Å²) in [5.74, 6) is -11.5. The molecule has 43 heavy (non-hydrogen) atoms. The van der Waals surface area contributed by atoms with Gasteiger partial charge in [-0.25, -0.2) is 0 Å². The third-order valence-electron chi connectivity index (χ3n) is 12.2. The first kappa shape index (κ1) is 31.4. The van der Waals surface area contributed by atoms with Crippen LogP contribution < -0.4 is 0 Å². The fourth-order valence-electron chi connectivity index (χ4n) is 10.1. The summed E-state index contributed by atoms with van der Waals surface area (Å²) in [5.41, 5.74) is -4.64. The van der Waals surface area contributed by atoms with E-state index in [2.05, 4.69) is 0 Å². The molecule has 0 aromatic heterocycles. The van der Waals surface area contributed by atoms with E-state index in [1.54, 1.807) is 33.8 Å². The van der Waals surface area contributed by atoms with E-state index in [4.69, 9.17) is 0 Å². The van der Waals surface area contributed by atoms with Gasteiger partial charge in [0.15, 0.2) is 28.7 Å². The monoisotopic (exact) mass is 592 g/mol. The summed E-state index contributed by atoms with van der Waals surface area (Å²) in [6.45, 7) is 11.6. The van der Waals surface area contributed by atoms with Crippen molar-refractivity contribution in [1.29, 1.82) is 0 Å². The number of benzene rings is 1. The molecule has 8 nitrogen and oxygen atoms in total. The number of ketones is 6. The van der Waals surface area contributed by atoms with Crippen LogP contribution in [0.5, 0.6) is 5.75 Å². The number of aryl methyl sites for hydroxylation is 1. The van der Waals surface area contributed by atoms with Crippen LogP contribution in [0.4, 0.5) is 0 Å². The van der Waals surface area contributed by atoms with Crippen molar-refractivity contribution in [3.05, 3.63) is 28.8 Å². The molecule has 3 saturated carbocycles. The number of Topliss-reactive ketones (excluding diaryl/α,β-unsaturated/α-hetero) is 6. The predicted octanol–water partition coefficient (Wildman–Crippen LogP) is 4.73. The highest BCUT2D eigenvalue weighted by molar-refractivity contribution is 6.32. The number of aromatic hydroxyl groups is 1. The van der Waals surface area contributed by atoms with Gasteiger partial charge in [-0.05, 0) is 67.1 Å². The number of fused-ring (bicyclic) bond motifs is 3. The molecular weight excluding hydrogens is 548 g/mol. The highest BCUT2D eigenvalue weighted by Crippen LogP contribution is 2.70. The van der Waals surface area contributed by atoms with Crippen molar-refractivity contribution in [2.45, 2.75) is 98.5 Å². The van der Waals surface area contributed by atoms with E-state index >= 15 is 0 Å². The van der Waals surface area contributed by atoms with Crippen LogP contribution in [-0.4, -0.2) is 50.5 Å². The Morgan fingerprint density at radius 2 is 1.60 bits per heavy atom. The van der Waals surface area contributed by atoms with Crippen molar-refractivity contribution in [3.63, 3.8) is 0 Å². The van der Waals surface area contributed by atoms with Gasteiger partial charge in [0, 0.05) is 23.7 Å². The lowest BCUT2D eigenvalue weighted by molar-refractivity contribution is -0.226. The lowest BCUT2D eigenvalue weighted by Crippen LogP contribution is -2.80. The zero-order chi connectivity index (χ0) is 32.0. The number of phenolic OH excluding ortho intramolecular Hbond substituents is 1. The SMILES string of the molecule is CC(=O)C1C(=O)C(C(C)C)[C@@]2(C)[C@H](CC(=O)C3CCCCC3)[C@]3(C)C(C(=O)c4c(O)ccc(C)c4[C@H]3C)C(=O)[C@@]2(O)C1=O. The minimum atomic E-state index is -2.86. The molecule has 1 aromatic carbocycles. The summed E-state index contributed by atoms with van der Waals surface area (Å²) in [7, 11) is 0. The van der Waals surface area contributed by atoms with Crippen LogP contribution in [0.1, 0.15) is 107 Å². The Hall–Kier alpha value is -3.00. The molecule has 5 rings (SSSR count). The molecule has 2 N–H and O–H groups in total. The van der Waals surface area contributed by atoms with Gasteiger partial charge < -0.3 is 10.2 Å². The van der Waals surface area contributed by atoms with E-state index < -0.39 is 80.9 Å². The van der Waals surface area contributed by atoms with Crippen LogP contribution in [0.3, 0.4) is 0 Å². The van der Waals surface area contributed by atoms with Gasteiger partial charge >= 0.3 is 0 Å². The molecule has 4 aliphatic rings. The molecule has 0 spiro atoms. The van der Waals surface area contributed by atoms with E-state index in [0.717, 1.165) is 31.7 Å². The average Bonchev–Trinajstić information content (AvgIpc) is 2.93. The van der Waals surface area contributed by atoms with E-state index in [-0.39, 0.29) is 29.4 Å². The molecule has 0 bridgehead atoms. The molecule has 1 aromatic rings. The summed E-state index contributed by atoms with van der Waals surface area (Å²) in [4.78, 5) is 84.5. The highest BCUT2D eigenvalue weighted by atomic mass is 16.3. The third kappa shape index (κ3) is 3.90. The first-order chi connectivity index (χ1) is 20.0. The number of aliphatic hydroxyl groups is 1. The Bertz CT molecular complexity index is 1450. The molecule has 0 saturated heterocycles. The van der Waals surface area contributed by atoms with Gasteiger partial charge in [0.1, 0.15) is 23.2 Å². The minimum Gasteiger partial charge on any atom is -0.507 e. The Morgan fingerprint density at radius 3 is 2.16 bits per heavy atom. The maximum absolute atomic E-state index is 14.8. The second-order valence-corrected chi connectivity index (χ2v) is 14.5. The van der Waals surface area contributed by atoms with Gasteiger partial charge in [-0.3, -0.25) is 28.8 Å². The second-order valence-electron chi connectivity index (χ2n) is 14.5. The maximum Gasteiger partial charge on any atom is 0.190 e. The Balaban J connectivity index is 1.85. The first-order valence-electron chi connectivity index (χ1n) is 15.7. The van der Waals surface area contributed by atoms with Gasteiger partial charge in [-0.15, -0.1) is 0 Å². The number of hydrogen-bond acceptors (Lipinski definition) is 8. The topological polar surface area (TPSA) is 143 Å². The van der Waals surface area contributed by atoms with Gasteiger partial charge in [-0.1, -0.05) is 59.9 Å². The zero-order valence-corrected chi connectivity index (χ0v) is 26.3. The second kappa shape index (κ2) is 10.3. The molecule has 8 heteroatoms. The van der Waals surface area contributed by atoms with Crippen molar-refractivity contribution in [2.75, 3.05) is 0 Å². The van der Waals surface area contributed by atoms with E-state index in [1.807, 2.05) is 13.8 Å². The van der Waals surface area contributed by atoms with Crippen molar-refractivity contribution < 1.29 is 39.0 Å². The summed E-state index contributed by atoms with van der Waals surface area (Å²) in [5, 5.41) is 23.5. The Morgan fingerprint density at radius 1 is 1.00 bits per heavy atom. The highest BCUT2D eigenvalue weighted by Gasteiger charge is 2.80. The van der Waals surface area contributed by atoms with Gasteiger partial charge in [0.05, 0.1) is 11.5 Å². The molecule has 3 fully saturated rings. The standard InChI is InChI=1S/C35H44O8/c1-16(2)27-29(39)25(19(5)36)31(41)35(43)32(42)28-30(40)26-21(37)14-13-17(3)24(26)18(4)33(28,6)23(34(27,35)7)15-22(38)20-11-9-8-10-12-20/h13-14,16,18,20,23,25,27-28,37,43H,8-12,15H2,1-7H3/t18-,23-,25?,27?,28?,33-,34-,35+/m1/s1. The number of carbonyl (C=O) groups is 6. The van der Waals surface area contributed by atoms with Crippen LogP contribution in [0.2, 0.25) is 0 Å². The van der Waals surface area contributed by atoms with Gasteiger partial charge in [0.2, 0.25) is 0 Å². The minimum absolute atomic E-state index is 0.0178. The van der Waals surface area contributed by atoms with Crippen LogP contribution in [0.15, 0.2) is 12.1 Å². The Kier molecular flexibility index (Phi) is 7.52. The van der Waals surface area contributed by atoms with Crippen molar-refractivity contribution >= 4 is 34.7 Å². The van der Waals surface area contributed by atoms with Crippen molar-refractivity contribution in [2.24, 2.45) is 46.3 Å². The first-order valence-corrected chi connectivity index (χ1v) is 15.7. The van der Waals surface area contributed by atoms with E-state index in [9.17, 15) is 39.0 Å². The van der Waals surface area contributed by atoms with Crippen LogP contribution in [0.25, 0.3) is 0 Å². The molecule has 0 amide bonds. The normalized spacial score (nSPS) is 38.0. The molecule has 3 unspecified atom stereocenters. The van der Waals surface area contributed by atoms with Crippen LogP contribution in [-0.2, 0) is 24.0 Å². The number of rotatable bonds is 5. The number of phenols is 1. The van der Waals surface area contributed by atoms with Crippen LogP contribution in [0, 0.1) is 53.3 Å². The fraction of sp³-hybridized carbons (Fsp3) is 0.657. The number of hydrogen-bond donors (Lipinski definition) is 2. The summed E-state index contributed by atoms with van der Waals surface area (Å²) in [6, 6.07) is 3.09. The molecule has 232 valence electrons. The summed E-state index contributed by atoms with van der Waals surface area (Å²) >= 11 is 0. The lowest BCUT2D eigenvalue weighted by Gasteiger charge is -2.67. The lowest BCUT2D eigenvalue weighted by atomic mass is 9.34. The molecule has 0 radical (unpaired) electrons. The molecule has 4 aliphatic carbocycles. The smallest absolute Gasteiger partial charge is 0.190 e. The fourth-order valence-corrected chi connectivity index (χ4v) is 10.1. The maximum atomic E-state index is 14.8. The van der Waals surface area contributed by atoms with Gasteiger partial charge in [-0.2, -0.15) is 0 Å². The zero-order valence-electron chi connectivity index (χ0n) is 26.3. The van der Waals surface area contributed by atoms with E-state index in [1.165, 1.54) is 6.07 Å². The Labute approximate surface area is 253 Å². The predicted molar refractivity (Wildman–Crippen MR) is 157 cm³/mol.